The molecule has 1 N–H and O–H groups in total. The molecule has 0 unspecified atom stereocenters. The molecule has 31 heavy (non-hydrogen) atoms. The fourth-order valence-electron chi connectivity index (χ4n) is 2.81. The molecule has 2 aromatic heterocycles. The van der Waals surface area contributed by atoms with E-state index in [1.165, 1.54) is 41.9 Å². The second kappa shape index (κ2) is 9.07. The SMILES string of the molecule is COC(=O)c1c(-c2ccc(F)cc2)csc1NC(=O)c1ccc(Oc2nccs2)cc1. The second-order valence-corrected chi connectivity index (χ2v) is 7.97. The molecule has 0 saturated heterocycles. The highest BCUT2D eigenvalue weighted by Crippen LogP contribution is 2.36. The van der Waals surface area contributed by atoms with Gasteiger partial charge >= 0.3 is 5.97 Å². The molecule has 0 atom stereocenters. The molecule has 0 saturated carbocycles. The summed E-state index contributed by atoms with van der Waals surface area (Å²) in [5, 5.41) is 7.14. The number of aromatic nitrogens is 1. The van der Waals surface area contributed by atoms with Crippen molar-refractivity contribution in [1.29, 1.82) is 0 Å². The first-order chi connectivity index (χ1) is 15.0. The number of nitrogens with one attached hydrogen (secondary N) is 1. The molecule has 1 amide bonds. The number of rotatable bonds is 6. The molecule has 9 heteroatoms. The summed E-state index contributed by atoms with van der Waals surface area (Å²) in [5.41, 5.74) is 1.80. The van der Waals surface area contributed by atoms with Crippen LogP contribution in [0, 0.1) is 5.82 Å². The maximum Gasteiger partial charge on any atom is 0.341 e. The number of hydrogen-bond acceptors (Lipinski definition) is 7. The van der Waals surface area contributed by atoms with Crippen LogP contribution in [0.2, 0.25) is 0 Å². The first-order valence-electron chi connectivity index (χ1n) is 8.99. The number of carbonyl (C=O) groups excluding carboxylic acids is 2. The number of esters is 1. The van der Waals surface area contributed by atoms with Gasteiger partial charge in [0.2, 0.25) is 0 Å². The van der Waals surface area contributed by atoms with Crippen LogP contribution < -0.4 is 10.1 Å². The summed E-state index contributed by atoms with van der Waals surface area (Å²) in [6.07, 6.45) is 1.64. The fraction of sp³-hybridized carbons (Fsp3) is 0.0455. The van der Waals surface area contributed by atoms with Crippen molar-refractivity contribution < 1.29 is 23.5 Å². The van der Waals surface area contributed by atoms with E-state index in [2.05, 4.69) is 10.3 Å². The van der Waals surface area contributed by atoms with Crippen molar-refractivity contribution in [2.45, 2.75) is 0 Å². The number of amides is 1. The van der Waals surface area contributed by atoms with Gasteiger partial charge in [0.15, 0.2) is 0 Å². The van der Waals surface area contributed by atoms with Crippen LogP contribution in [-0.2, 0) is 4.74 Å². The zero-order chi connectivity index (χ0) is 21.8. The Bertz CT molecular complexity index is 1200. The van der Waals surface area contributed by atoms with Crippen LogP contribution in [0.5, 0.6) is 10.9 Å². The molecule has 0 aliphatic rings. The first-order valence-corrected chi connectivity index (χ1v) is 10.8. The van der Waals surface area contributed by atoms with Crippen molar-refractivity contribution in [2.75, 3.05) is 12.4 Å². The maximum atomic E-state index is 13.3. The molecule has 0 bridgehead atoms. The molecular weight excluding hydrogens is 439 g/mol. The minimum atomic E-state index is -0.594. The summed E-state index contributed by atoms with van der Waals surface area (Å²) in [7, 11) is 1.27. The number of anilines is 1. The van der Waals surface area contributed by atoms with Gasteiger partial charge in [-0.05, 0) is 42.0 Å². The Labute approximate surface area is 184 Å². The third-order valence-electron chi connectivity index (χ3n) is 4.29. The summed E-state index contributed by atoms with van der Waals surface area (Å²) in [5.74, 6) is -0.813. The summed E-state index contributed by atoms with van der Waals surface area (Å²) in [4.78, 5) is 29.2. The molecule has 4 rings (SSSR count). The molecule has 0 radical (unpaired) electrons. The normalized spacial score (nSPS) is 10.5. The van der Waals surface area contributed by atoms with Crippen molar-refractivity contribution in [3.63, 3.8) is 0 Å². The lowest BCUT2D eigenvalue weighted by Gasteiger charge is -2.08. The Morgan fingerprint density at radius 2 is 1.77 bits per heavy atom. The number of halogens is 1. The van der Waals surface area contributed by atoms with E-state index in [0.717, 1.165) is 0 Å². The monoisotopic (exact) mass is 454 g/mol. The number of nitrogens with zero attached hydrogens (tertiary/aromatic N) is 1. The Kier molecular flexibility index (Phi) is 6.06. The van der Waals surface area contributed by atoms with Crippen LogP contribution in [0.15, 0.2) is 65.5 Å². The zero-order valence-electron chi connectivity index (χ0n) is 16.1. The number of thiophene rings is 1. The van der Waals surface area contributed by atoms with Gasteiger partial charge in [0.25, 0.3) is 11.1 Å². The Morgan fingerprint density at radius 3 is 2.42 bits per heavy atom. The average molecular weight is 455 g/mol. The Morgan fingerprint density at radius 1 is 1.03 bits per heavy atom. The molecule has 0 fully saturated rings. The second-order valence-electron chi connectivity index (χ2n) is 6.23. The predicted molar refractivity (Wildman–Crippen MR) is 118 cm³/mol. The lowest BCUT2D eigenvalue weighted by molar-refractivity contribution is 0.0603. The van der Waals surface area contributed by atoms with Crippen molar-refractivity contribution in [3.8, 4) is 22.1 Å². The number of thiazole rings is 1. The molecule has 0 spiro atoms. The molecule has 0 aliphatic heterocycles. The Hall–Kier alpha value is -3.56. The van der Waals surface area contributed by atoms with E-state index in [0.29, 0.717) is 32.6 Å². The first kappa shape index (κ1) is 20.7. The van der Waals surface area contributed by atoms with Gasteiger partial charge in [0, 0.05) is 28.1 Å². The van der Waals surface area contributed by atoms with Crippen molar-refractivity contribution in [3.05, 3.63) is 82.4 Å². The lowest BCUT2D eigenvalue weighted by atomic mass is 10.0. The van der Waals surface area contributed by atoms with Crippen LogP contribution in [0.25, 0.3) is 11.1 Å². The van der Waals surface area contributed by atoms with Crippen molar-refractivity contribution in [2.24, 2.45) is 0 Å². The number of carbonyl (C=O) groups is 2. The van der Waals surface area contributed by atoms with Crippen LogP contribution in [0.3, 0.4) is 0 Å². The van der Waals surface area contributed by atoms with E-state index in [-0.39, 0.29) is 11.4 Å². The quantitative estimate of drug-likeness (QED) is 0.370. The van der Waals surface area contributed by atoms with Gasteiger partial charge in [-0.2, -0.15) is 0 Å². The number of hydrogen-bond donors (Lipinski definition) is 1. The minimum Gasteiger partial charge on any atom is -0.465 e. The van der Waals surface area contributed by atoms with Gasteiger partial charge in [0.05, 0.1) is 7.11 Å². The maximum absolute atomic E-state index is 13.3. The Balaban J connectivity index is 1.56. The van der Waals surface area contributed by atoms with Crippen LogP contribution in [0.1, 0.15) is 20.7 Å². The molecule has 0 aliphatic carbocycles. The van der Waals surface area contributed by atoms with E-state index in [4.69, 9.17) is 9.47 Å². The van der Waals surface area contributed by atoms with Gasteiger partial charge in [-0.3, -0.25) is 4.79 Å². The van der Waals surface area contributed by atoms with Gasteiger partial charge in [-0.1, -0.05) is 23.5 Å². The zero-order valence-corrected chi connectivity index (χ0v) is 17.8. The van der Waals surface area contributed by atoms with E-state index in [1.807, 2.05) is 0 Å². The van der Waals surface area contributed by atoms with Gasteiger partial charge in [-0.15, -0.1) is 11.3 Å². The van der Waals surface area contributed by atoms with Gasteiger partial charge < -0.3 is 14.8 Å². The highest BCUT2D eigenvalue weighted by molar-refractivity contribution is 7.15. The topological polar surface area (TPSA) is 77.5 Å². The van der Waals surface area contributed by atoms with E-state index in [1.54, 1.807) is 53.4 Å². The molecule has 156 valence electrons. The van der Waals surface area contributed by atoms with E-state index < -0.39 is 11.9 Å². The smallest absolute Gasteiger partial charge is 0.341 e. The van der Waals surface area contributed by atoms with Crippen LogP contribution in [0.4, 0.5) is 9.39 Å². The number of methoxy groups -OCH3 is 1. The molecule has 6 nitrogen and oxygen atoms in total. The number of ether oxygens (including phenoxy) is 2. The number of benzene rings is 2. The summed E-state index contributed by atoms with van der Waals surface area (Å²) in [6, 6.07) is 12.3. The highest BCUT2D eigenvalue weighted by Gasteiger charge is 2.22. The molecular formula is C22H15FN2O4S2. The average Bonchev–Trinajstić information content (AvgIpc) is 3.44. The van der Waals surface area contributed by atoms with Crippen molar-refractivity contribution >= 4 is 39.6 Å². The standard InChI is InChI=1S/C22H15FN2O4S2/c1-28-21(27)18-17(13-2-6-15(23)7-3-13)12-31-20(18)25-19(26)14-4-8-16(9-5-14)29-22-24-10-11-30-22/h2-12H,1H3,(H,25,26). The van der Waals surface area contributed by atoms with E-state index >= 15 is 0 Å². The van der Waals surface area contributed by atoms with Crippen LogP contribution >= 0.6 is 22.7 Å². The van der Waals surface area contributed by atoms with Crippen LogP contribution in [-0.4, -0.2) is 24.0 Å². The van der Waals surface area contributed by atoms with Crippen molar-refractivity contribution in [1.82, 2.24) is 4.98 Å². The van der Waals surface area contributed by atoms with E-state index in [9.17, 15) is 14.0 Å². The lowest BCUT2D eigenvalue weighted by Crippen LogP contribution is -2.14. The predicted octanol–water partition coefficient (Wildman–Crippen LogP) is 5.84. The third kappa shape index (κ3) is 4.62. The third-order valence-corrected chi connectivity index (χ3v) is 5.84. The van der Waals surface area contributed by atoms with Gasteiger partial charge in [-0.25, -0.2) is 14.2 Å². The molecule has 2 aromatic carbocycles. The summed E-state index contributed by atoms with van der Waals surface area (Å²) in [6.45, 7) is 0. The van der Waals surface area contributed by atoms with Gasteiger partial charge in [0.1, 0.15) is 22.1 Å². The molecule has 4 aromatic rings. The fourth-order valence-corrected chi connectivity index (χ4v) is 4.26. The minimum absolute atomic E-state index is 0.219. The highest BCUT2D eigenvalue weighted by atomic mass is 32.1. The molecule has 2 heterocycles. The summed E-state index contributed by atoms with van der Waals surface area (Å²) >= 11 is 2.55. The largest absolute Gasteiger partial charge is 0.465 e. The summed E-state index contributed by atoms with van der Waals surface area (Å²) < 4.78 is 23.8.